The third-order valence-electron chi connectivity index (χ3n) is 5.41. The quantitative estimate of drug-likeness (QED) is 0.809. The van der Waals surface area contributed by atoms with E-state index in [-0.39, 0.29) is 36.1 Å². The Morgan fingerprint density at radius 1 is 1.15 bits per heavy atom. The SMILES string of the molecule is Cl.NC[C@H]1CCC[C@H]1C(=O)Nc1cc(Cl)ccc1C(=O)N1CCCCC1. The van der Waals surface area contributed by atoms with Gasteiger partial charge in [0, 0.05) is 24.0 Å². The summed E-state index contributed by atoms with van der Waals surface area (Å²) in [5.74, 6) is 0.0544. The van der Waals surface area contributed by atoms with Crippen LogP contribution < -0.4 is 11.1 Å². The molecule has 5 nitrogen and oxygen atoms in total. The van der Waals surface area contributed by atoms with Gasteiger partial charge in [-0.15, -0.1) is 12.4 Å². The van der Waals surface area contributed by atoms with Crippen molar-refractivity contribution in [2.24, 2.45) is 17.6 Å². The number of piperidine rings is 1. The minimum absolute atomic E-state index is 0. The van der Waals surface area contributed by atoms with Gasteiger partial charge in [0.25, 0.3) is 5.91 Å². The zero-order valence-electron chi connectivity index (χ0n) is 14.9. The normalized spacial score (nSPS) is 22.6. The minimum atomic E-state index is -0.0816. The molecule has 2 fully saturated rings. The fourth-order valence-electron chi connectivity index (χ4n) is 3.96. The van der Waals surface area contributed by atoms with E-state index in [1.807, 2.05) is 4.90 Å². The van der Waals surface area contributed by atoms with Gasteiger partial charge in [-0.1, -0.05) is 18.0 Å². The summed E-state index contributed by atoms with van der Waals surface area (Å²) in [6.45, 7) is 2.06. The predicted octanol–water partition coefficient (Wildman–Crippen LogP) is 3.70. The number of halogens is 2. The largest absolute Gasteiger partial charge is 0.339 e. The van der Waals surface area contributed by atoms with Gasteiger partial charge in [-0.3, -0.25) is 9.59 Å². The number of carbonyl (C=O) groups excluding carboxylic acids is 2. The second-order valence-corrected chi connectivity index (χ2v) is 7.50. The van der Waals surface area contributed by atoms with Gasteiger partial charge >= 0.3 is 0 Å². The number of nitrogens with two attached hydrogens (primary N) is 1. The van der Waals surface area contributed by atoms with Gasteiger partial charge in [0.05, 0.1) is 11.3 Å². The number of anilines is 1. The van der Waals surface area contributed by atoms with E-state index in [1.54, 1.807) is 18.2 Å². The van der Waals surface area contributed by atoms with Crippen molar-refractivity contribution in [3.8, 4) is 0 Å². The molecule has 2 atom stereocenters. The maximum atomic E-state index is 12.9. The fourth-order valence-corrected chi connectivity index (χ4v) is 4.14. The van der Waals surface area contributed by atoms with E-state index >= 15 is 0 Å². The van der Waals surface area contributed by atoms with Crippen molar-refractivity contribution in [3.05, 3.63) is 28.8 Å². The third kappa shape index (κ3) is 4.70. The maximum Gasteiger partial charge on any atom is 0.255 e. The number of amides is 2. The Morgan fingerprint density at radius 3 is 2.58 bits per heavy atom. The Morgan fingerprint density at radius 2 is 1.88 bits per heavy atom. The summed E-state index contributed by atoms with van der Waals surface area (Å²) < 4.78 is 0. The van der Waals surface area contributed by atoms with Crippen LogP contribution in [0.4, 0.5) is 5.69 Å². The molecule has 1 heterocycles. The van der Waals surface area contributed by atoms with Gasteiger partial charge in [0.2, 0.25) is 5.91 Å². The summed E-state index contributed by atoms with van der Waals surface area (Å²) in [7, 11) is 0. The highest BCUT2D eigenvalue weighted by atomic mass is 35.5. The summed E-state index contributed by atoms with van der Waals surface area (Å²) in [6, 6.07) is 5.08. The molecule has 1 aliphatic carbocycles. The topological polar surface area (TPSA) is 75.4 Å². The molecular weight excluding hydrogens is 373 g/mol. The maximum absolute atomic E-state index is 12.9. The third-order valence-corrected chi connectivity index (χ3v) is 5.65. The Labute approximate surface area is 166 Å². The molecule has 1 saturated carbocycles. The molecule has 0 bridgehead atoms. The summed E-state index contributed by atoms with van der Waals surface area (Å²) in [5, 5.41) is 3.46. The van der Waals surface area contributed by atoms with Crippen LogP contribution >= 0.6 is 24.0 Å². The second-order valence-electron chi connectivity index (χ2n) is 7.07. The number of likely N-dealkylation sites (tertiary alicyclic amines) is 1. The van der Waals surface area contributed by atoms with E-state index in [0.29, 0.717) is 22.8 Å². The van der Waals surface area contributed by atoms with Gasteiger partial charge in [0.15, 0.2) is 0 Å². The Balaban J connectivity index is 0.00000243. The lowest BCUT2D eigenvalue weighted by Crippen LogP contribution is -2.36. The number of hydrogen-bond donors (Lipinski definition) is 2. The zero-order valence-corrected chi connectivity index (χ0v) is 16.5. The summed E-state index contributed by atoms with van der Waals surface area (Å²) >= 11 is 6.11. The molecule has 0 spiro atoms. The standard InChI is InChI=1S/C19H26ClN3O2.ClH/c20-14-7-8-16(19(25)23-9-2-1-3-10-23)17(11-14)22-18(24)15-6-4-5-13(15)12-21;/h7-8,11,13,15H,1-6,9-10,12,21H2,(H,22,24);1H/t13-,15-;/m1./s1. The van der Waals surface area contributed by atoms with Crippen LogP contribution in [0.5, 0.6) is 0 Å². The Bertz CT molecular complexity index is 648. The number of nitrogens with one attached hydrogen (secondary N) is 1. The number of rotatable bonds is 4. The van der Waals surface area contributed by atoms with Crippen LogP contribution in [0.3, 0.4) is 0 Å². The first kappa shape index (κ1) is 21.0. The van der Waals surface area contributed by atoms with Crippen LogP contribution in [0.15, 0.2) is 18.2 Å². The highest BCUT2D eigenvalue weighted by molar-refractivity contribution is 6.31. The monoisotopic (exact) mass is 399 g/mol. The molecule has 1 saturated heterocycles. The molecule has 3 N–H and O–H groups in total. The average Bonchev–Trinajstić information content (AvgIpc) is 3.11. The zero-order chi connectivity index (χ0) is 17.8. The van der Waals surface area contributed by atoms with Crippen LogP contribution in [0.1, 0.15) is 48.9 Å². The first-order valence-corrected chi connectivity index (χ1v) is 9.57. The van der Waals surface area contributed by atoms with E-state index in [4.69, 9.17) is 17.3 Å². The van der Waals surface area contributed by atoms with Crippen LogP contribution in [0.25, 0.3) is 0 Å². The molecule has 144 valence electrons. The predicted molar refractivity (Wildman–Crippen MR) is 107 cm³/mol. The van der Waals surface area contributed by atoms with E-state index in [0.717, 1.165) is 51.6 Å². The lowest BCUT2D eigenvalue weighted by Gasteiger charge is -2.28. The molecule has 2 aliphatic rings. The smallest absolute Gasteiger partial charge is 0.255 e. The summed E-state index contributed by atoms with van der Waals surface area (Å²) in [6.07, 6.45) is 6.08. The van der Waals surface area contributed by atoms with Crippen LogP contribution in [-0.2, 0) is 4.79 Å². The minimum Gasteiger partial charge on any atom is -0.339 e. The van der Waals surface area contributed by atoms with E-state index in [1.165, 1.54) is 0 Å². The van der Waals surface area contributed by atoms with Gasteiger partial charge < -0.3 is 16.0 Å². The molecular formula is C19H27Cl2N3O2. The van der Waals surface area contributed by atoms with Crippen LogP contribution in [0, 0.1) is 11.8 Å². The molecule has 0 unspecified atom stereocenters. The molecule has 0 aromatic heterocycles. The van der Waals surface area contributed by atoms with Crippen LogP contribution in [0.2, 0.25) is 5.02 Å². The molecule has 1 aromatic carbocycles. The molecule has 0 radical (unpaired) electrons. The second kappa shape index (κ2) is 9.58. The first-order chi connectivity index (χ1) is 12.1. The number of benzene rings is 1. The summed E-state index contributed by atoms with van der Waals surface area (Å²) in [5.41, 5.74) is 6.82. The Hall–Kier alpha value is -1.30. The molecule has 7 heteroatoms. The average molecular weight is 400 g/mol. The van der Waals surface area contributed by atoms with Crippen molar-refractivity contribution in [2.75, 3.05) is 25.0 Å². The van der Waals surface area contributed by atoms with Crippen molar-refractivity contribution in [1.29, 1.82) is 0 Å². The van der Waals surface area contributed by atoms with Crippen molar-refractivity contribution in [3.63, 3.8) is 0 Å². The number of nitrogens with zero attached hydrogens (tertiary/aromatic N) is 1. The highest BCUT2D eigenvalue weighted by Gasteiger charge is 2.32. The number of carbonyl (C=O) groups is 2. The molecule has 2 amide bonds. The van der Waals surface area contributed by atoms with Crippen molar-refractivity contribution in [1.82, 2.24) is 4.90 Å². The first-order valence-electron chi connectivity index (χ1n) is 9.20. The molecule has 1 aromatic rings. The molecule has 3 rings (SSSR count). The van der Waals surface area contributed by atoms with E-state index in [2.05, 4.69) is 5.32 Å². The van der Waals surface area contributed by atoms with Crippen molar-refractivity contribution >= 4 is 41.5 Å². The molecule has 26 heavy (non-hydrogen) atoms. The van der Waals surface area contributed by atoms with E-state index in [9.17, 15) is 9.59 Å². The lowest BCUT2D eigenvalue weighted by atomic mass is 9.95. The van der Waals surface area contributed by atoms with Crippen molar-refractivity contribution in [2.45, 2.75) is 38.5 Å². The fraction of sp³-hybridized carbons (Fsp3) is 0.579. The highest BCUT2D eigenvalue weighted by Crippen LogP contribution is 2.33. The molecule has 1 aliphatic heterocycles. The van der Waals surface area contributed by atoms with Gasteiger partial charge in [0.1, 0.15) is 0 Å². The lowest BCUT2D eigenvalue weighted by molar-refractivity contribution is -0.120. The van der Waals surface area contributed by atoms with E-state index < -0.39 is 0 Å². The number of hydrogen-bond acceptors (Lipinski definition) is 3. The summed E-state index contributed by atoms with van der Waals surface area (Å²) in [4.78, 5) is 27.4. The van der Waals surface area contributed by atoms with Gasteiger partial charge in [-0.2, -0.15) is 0 Å². The van der Waals surface area contributed by atoms with Gasteiger partial charge in [-0.05, 0) is 62.8 Å². The van der Waals surface area contributed by atoms with Gasteiger partial charge in [-0.25, -0.2) is 0 Å². The Kier molecular flexibility index (Phi) is 7.74. The van der Waals surface area contributed by atoms with Crippen molar-refractivity contribution < 1.29 is 9.59 Å². The van der Waals surface area contributed by atoms with Crippen LogP contribution in [-0.4, -0.2) is 36.3 Å².